The minimum atomic E-state index is -4.73. The Morgan fingerprint density at radius 1 is 1.22 bits per heavy atom. The first kappa shape index (κ1) is 15.1. The number of unbranched alkanes of at least 4 members (excludes halogenated alkanes) is 1. The highest BCUT2D eigenvalue weighted by Crippen LogP contribution is 2.24. The van der Waals surface area contributed by atoms with E-state index in [2.05, 4.69) is 6.92 Å². The lowest BCUT2D eigenvalue weighted by Crippen LogP contribution is -2.24. The lowest BCUT2D eigenvalue weighted by molar-refractivity contribution is -0.167. The summed E-state index contributed by atoms with van der Waals surface area (Å²) < 4.78 is 36.0. The molecule has 5 heteroatoms. The predicted octanol–water partition coefficient (Wildman–Crippen LogP) is 4.25. The number of rotatable bonds is 6. The van der Waals surface area contributed by atoms with Gasteiger partial charge >= 0.3 is 6.18 Å². The van der Waals surface area contributed by atoms with E-state index in [1.165, 1.54) is 5.56 Å². The number of thioether (sulfide) groups is 1. The lowest BCUT2D eigenvalue weighted by Gasteiger charge is -2.05. The summed E-state index contributed by atoms with van der Waals surface area (Å²) in [6, 6.07) is 7.32. The molecule has 18 heavy (non-hydrogen) atoms. The summed E-state index contributed by atoms with van der Waals surface area (Å²) in [4.78, 5) is 11.4. The van der Waals surface area contributed by atoms with Crippen LogP contribution in [-0.2, 0) is 11.2 Å². The minimum absolute atomic E-state index is 0.558. The van der Waals surface area contributed by atoms with E-state index in [9.17, 15) is 18.0 Å². The number of hydrogen-bond donors (Lipinski definition) is 0. The molecular weight excluding hydrogens is 261 g/mol. The fourth-order valence-corrected chi connectivity index (χ4v) is 2.15. The zero-order chi connectivity index (χ0) is 13.6. The van der Waals surface area contributed by atoms with Crippen molar-refractivity contribution < 1.29 is 18.0 Å². The highest BCUT2D eigenvalue weighted by molar-refractivity contribution is 8.00. The second-order valence-corrected chi connectivity index (χ2v) is 5.01. The van der Waals surface area contributed by atoms with Crippen molar-refractivity contribution in [1.29, 1.82) is 0 Å². The molecule has 0 aliphatic rings. The highest BCUT2D eigenvalue weighted by atomic mass is 32.2. The Morgan fingerprint density at radius 3 is 2.33 bits per heavy atom. The molecule has 0 spiro atoms. The maximum atomic E-state index is 12.0. The van der Waals surface area contributed by atoms with Gasteiger partial charge in [-0.2, -0.15) is 13.2 Å². The lowest BCUT2D eigenvalue weighted by atomic mass is 10.1. The van der Waals surface area contributed by atoms with Gasteiger partial charge in [0.05, 0.1) is 5.75 Å². The Kier molecular flexibility index (Phi) is 5.72. The van der Waals surface area contributed by atoms with Crippen molar-refractivity contribution >= 4 is 17.5 Å². The van der Waals surface area contributed by atoms with Gasteiger partial charge in [-0.25, -0.2) is 0 Å². The van der Waals surface area contributed by atoms with Crippen molar-refractivity contribution in [3.8, 4) is 0 Å². The normalized spacial score (nSPS) is 11.6. The molecule has 0 saturated carbocycles. The first-order valence-electron chi connectivity index (χ1n) is 5.75. The number of ketones is 1. The predicted molar refractivity (Wildman–Crippen MR) is 66.8 cm³/mol. The number of carbonyl (C=O) groups is 1. The second kappa shape index (κ2) is 6.83. The Bertz CT molecular complexity index is 384. The molecule has 0 N–H and O–H groups in total. The molecular formula is C13H15F3OS. The Hall–Kier alpha value is -0.970. The summed E-state index contributed by atoms with van der Waals surface area (Å²) in [7, 11) is 0. The third-order valence-electron chi connectivity index (χ3n) is 2.43. The van der Waals surface area contributed by atoms with Crippen molar-refractivity contribution in [3.63, 3.8) is 0 Å². The van der Waals surface area contributed by atoms with Gasteiger partial charge in [0.1, 0.15) is 0 Å². The zero-order valence-electron chi connectivity index (χ0n) is 10.1. The summed E-state index contributed by atoms with van der Waals surface area (Å²) in [5, 5.41) is 0. The average Bonchev–Trinajstić information content (AvgIpc) is 2.33. The van der Waals surface area contributed by atoms with E-state index in [1.54, 1.807) is 12.1 Å². The number of Topliss-reactive ketones (excluding diaryl/α,β-unsaturated/α-hetero) is 1. The van der Waals surface area contributed by atoms with Crippen molar-refractivity contribution in [2.24, 2.45) is 0 Å². The van der Waals surface area contributed by atoms with Crippen LogP contribution in [0.3, 0.4) is 0 Å². The maximum absolute atomic E-state index is 12.0. The minimum Gasteiger partial charge on any atom is -0.289 e. The number of carbonyl (C=O) groups excluding carboxylic acids is 1. The molecule has 0 bridgehead atoms. The monoisotopic (exact) mass is 276 g/mol. The molecule has 0 saturated heterocycles. The molecule has 0 aliphatic carbocycles. The van der Waals surface area contributed by atoms with Crippen LogP contribution in [0.5, 0.6) is 0 Å². The number of hydrogen-bond acceptors (Lipinski definition) is 2. The molecule has 0 aliphatic heterocycles. The maximum Gasteiger partial charge on any atom is 0.450 e. The second-order valence-electron chi connectivity index (χ2n) is 3.96. The largest absolute Gasteiger partial charge is 0.450 e. The van der Waals surface area contributed by atoms with Crippen LogP contribution in [0.2, 0.25) is 0 Å². The first-order valence-corrected chi connectivity index (χ1v) is 6.74. The molecule has 0 heterocycles. The van der Waals surface area contributed by atoms with E-state index in [0.717, 1.165) is 31.0 Å². The van der Waals surface area contributed by atoms with E-state index in [0.29, 0.717) is 4.90 Å². The van der Waals surface area contributed by atoms with Crippen molar-refractivity contribution in [3.05, 3.63) is 29.8 Å². The van der Waals surface area contributed by atoms with Gasteiger partial charge in [-0.3, -0.25) is 4.79 Å². The van der Waals surface area contributed by atoms with Gasteiger partial charge in [0, 0.05) is 4.90 Å². The summed E-state index contributed by atoms with van der Waals surface area (Å²) in [6.07, 6.45) is -1.55. The van der Waals surface area contributed by atoms with Gasteiger partial charge in [-0.1, -0.05) is 25.5 Å². The molecule has 0 amide bonds. The Balaban J connectivity index is 2.46. The van der Waals surface area contributed by atoms with E-state index in [-0.39, 0.29) is 0 Å². The molecule has 0 unspecified atom stereocenters. The number of alkyl halides is 3. The van der Waals surface area contributed by atoms with Gasteiger partial charge in [-0.15, -0.1) is 11.8 Å². The average molecular weight is 276 g/mol. The standard InChI is InChI=1S/C13H15F3OS/c1-2-3-4-10-5-7-11(8-6-10)18-9-12(17)13(14,15)16/h5-8H,2-4,9H2,1H3. The summed E-state index contributed by atoms with van der Waals surface area (Å²) in [6.45, 7) is 2.10. The molecule has 1 nitrogen and oxygen atoms in total. The topological polar surface area (TPSA) is 17.1 Å². The van der Waals surface area contributed by atoms with Crippen LogP contribution < -0.4 is 0 Å². The number of aryl methyl sites for hydroxylation is 1. The van der Waals surface area contributed by atoms with E-state index < -0.39 is 17.7 Å². The van der Waals surface area contributed by atoms with Crippen molar-refractivity contribution in [2.45, 2.75) is 37.3 Å². The van der Waals surface area contributed by atoms with Crippen LogP contribution >= 0.6 is 11.8 Å². The first-order chi connectivity index (χ1) is 8.43. The third-order valence-corrected chi connectivity index (χ3v) is 3.44. The third kappa shape index (κ3) is 5.12. The Labute approximate surface area is 109 Å². The fourth-order valence-electron chi connectivity index (χ4n) is 1.36. The number of halogens is 3. The molecule has 0 aromatic heterocycles. The van der Waals surface area contributed by atoms with Crippen LogP contribution in [0, 0.1) is 0 Å². The highest BCUT2D eigenvalue weighted by Gasteiger charge is 2.37. The summed E-state index contributed by atoms with van der Waals surface area (Å²) >= 11 is 0.918. The van der Waals surface area contributed by atoms with Gasteiger partial charge in [0.15, 0.2) is 0 Å². The number of benzene rings is 1. The summed E-state index contributed by atoms with van der Waals surface area (Å²) in [5.41, 5.74) is 1.17. The zero-order valence-corrected chi connectivity index (χ0v) is 10.9. The van der Waals surface area contributed by atoms with Crippen LogP contribution in [0.1, 0.15) is 25.3 Å². The van der Waals surface area contributed by atoms with Gasteiger partial charge < -0.3 is 0 Å². The van der Waals surface area contributed by atoms with Crippen molar-refractivity contribution in [2.75, 3.05) is 5.75 Å². The van der Waals surface area contributed by atoms with E-state index >= 15 is 0 Å². The van der Waals surface area contributed by atoms with Crippen molar-refractivity contribution in [1.82, 2.24) is 0 Å². The molecule has 1 aromatic rings. The SMILES string of the molecule is CCCCc1ccc(SCC(=O)C(F)(F)F)cc1. The van der Waals surface area contributed by atoms with Crippen LogP contribution in [0.25, 0.3) is 0 Å². The van der Waals surface area contributed by atoms with Crippen LogP contribution in [-0.4, -0.2) is 17.7 Å². The summed E-state index contributed by atoms with van der Waals surface area (Å²) in [5.74, 6) is -2.25. The molecule has 1 aromatic carbocycles. The van der Waals surface area contributed by atoms with E-state index in [1.807, 2.05) is 12.1 Å². The van der Waals surface area contributed by atoms with Gasteiger partial charge in [-0.05, 0) is 30.5 Å². The molecule has 0 radical (unpaired) electrons. The van der Waals surface area contributed by atoms with Crippen LogP contribution in [0.4, 0.5) is 13.2 Å². The molecule has 0 atom stereocenters. The molecule has 0 fully saturated rings. The van der Waals surface area contributed by atoms with Gasteiger partial charge in [0.25, 0.3) is 0 Å². The molecule has 100 valence electrons. The quantitative estimate of drug-likeness (QED) is 0.722. The fraction of sp³-hybridized carbons (Fsp3) is 0.462. The van der Waals surface area contributed by atoms with Crippen LogP contribution in [0.15, 0.2) is 29.2 Å². The smallest absolute Gasteiger partial charge is 0.289 e. The Morgan fingerprint density at radius 2 is 1.83 bits per heavy atom. The molecule has 1 rings (SSSR count). The van der Waals surface area contributed by atoms with E-state index in [4.69, 9.17) is 0 Å². The van der Waals surface area contributed by atoms with Gasteiger partial charge in [0.2, 0.25) is 5.78 Å².